The van der Waals surface area contributed by atoms with Gasteiger partial charge in [0.2, 0.25) is 17.8 Å². The largest absolute Gasteiger partial charge is 0.339 e. The summed E-state index contributed by atoms with van der Waals surface area (Å²) < 4.78 is 0. The van der Waals surface area contributed by atoms with E-state index in [1.54, 1.807) is 46.5 Å². The maximum atomic E-state index is 12.5. The van der Waals surface area contributed by atoms with E-state index >= 15 is 0 Å². The molecule has 174 valence electrons. The molecule has 10 nitrogen and oxygen atoms in total. The lowest BCUT2D eigenvalue weighted by Gasteiger charge is -2.34. The molecule has 0 aliphatic carbocycles. The van der Waals surface area contributed by atoms with E-state index in [-0.39, 0.29) is 24.8 Å². The topological polar surface area (TPSA) is 111 Å². The smallest absolute Gasteiger partial charge is 0.319 e. The number of carbonyl (C=O) groups excluding carboxylic acids is 3. The second-order valence-electron chi connectivity index (χ2n) is 7.86. The number of aromatic nitrogens is 2. The predicted octanol–water partition coefficient (Wildman–Crippen LogP) is 2.12. The molecule has 3 heterocycles. The molecule has 0 atom stereocenters. The molecule has 4 amide bonds. The maximum Gasteiger partial charge on any atom is 0.319 e. The Morgan fingerprint density at radius 3 is 2.52 bits per heavy atom. The molecule has 0 spiro atoms. The van der Waals surface area contributed by atoms with E-state index in [1.165, 1.54) is 0 Å². The van der Waals surface area contributed by atoms with E-state index in [0.29, 0.717) is 61.5 Å². The van der Waals surface area contributed by atoms with Crippen LogP contribution in [0.15, 0.2) is 36.7 Å². The van der Waals surface area contributed by atoms with E-state index < -0.39 is 6.03 Å². The number of piperazine rings is 1. The van der Waals surface area contributed by atoms with Crippen molar-refractivity contribution in [3.8, 4) is 0 Å². The molecule has 2 fully saturated rings. The van der Waals surface area contributed by atoms with Crippen LogP contribution in [-0.2, 0) is 9.59 Å². The minimum atomic E-state index is -0.458. The van der Waals surface area contributed by atoms with Crippen LogP contribution in [0.1, 0.15) is 19.3 Å². The second-order valence-corrected chi connectivity index (χ2v) is 8.27. The van der Waals surface area contributed by atoms with Gasteiger partial charge >= 0.3 is 6.03 Å². The average molecular weight is 472 g/mol. The molecule has 2 N–H and O–H groups in total. The van der Waals surface area contributed by atoms with Gasteiger partial charge in [0.25, 0.3) is 0 Å². The van der Waals surface area contributed by atoms with Crippen molar-refractivity contribution >= 4 is 46.8 Å². The first-order valence-corrected chi connectivity index (χ1v) is 11.3. The number of rotatable bonds is 6. The number of nitrogens with one attached hydrogen (secondary N) is 2. The summed E-state index contributed by atoms with van der Waals surface area (Å²) in [5, 5.41) is 5.77. The molecule has 2 aliphatic heterocycles. The molecular weight excluding hydrogens is 446 g/mol. The third-order valence-corrected chi connectivity index (χ3v) is 6.00. The number of hydrogen-bond acceptors (Lipinski definition) is 6. The zero-order valence-corrected chi connectivity index (χ0v) is 18.9. The van der Waals surface area contributed by atoms with E-state index in [2.05, 4.69) is 20.6 Å². The lowest BCUT2D eigenvalue weighted by atomic mass is 10.2. The minimum Gasteiger partial charge on any atom is -0.339 e. The summed E-state index contributed by atoms with van der Waals surface area (Å²) in [5.74, 6) is 0.708. The second kappa shape index (κ2) is 10.5. The molecule has 4 rings (SSSR count). The molecule has 0 bridgehead atoms. The van der Waals surface area contributed by atoms with Crippen LogP contribution in [-0.4, -0.2) is 72.0 Å². The highest BCUT2D eigenvalue weighted by molar-refractivity contribution is 6.33. The number of hydrogen-bond donors (Lipinski definition) is 2. The van der Waals surface area contributed by atoms with Crippen LogP contribution in [0.5, 0.6) is 0 Å². The summed E-state index contributed by atoms with van der Waals surface area (Å²) in [6.07, 6.45) is 4.94. The van der Waals surface area contributed by atoms with E-state index in [9.17, 15) is 14.4 Å². The Hall–Kier alpha value is -3.40. The van der Waals surface area contributed by atoms with Crippen LogP contribution in [0, 0.1) is 0 Å². The molecule has 33 heavy (non-hydrogen) atoms. The van der Waals surface area contributed by atoms with Crippen LogP contribution < -0.4 is 20.4 Å². The highest BCUT2D eigenvalue weighted by Gasteiger charge is 2.23. The molecule has 0 unspecified atom stereocenters. The Morgan fingerprint density at radius 2 is 1.82 bits per heavy atom. The van der Waals surface area contributed by atoms with Crippen molar-refractivity contribution in [2.45, 2.75) is 19.3 Å². The van der Waals surface area contributed by atoms with Crippen molar-refractivity contribution in [1.82, 2.24) is 20.2 Å². The van der Waals surface area contributed by atoms with E-state index in [0.717, 1.165) is 6.42 Å². The first-order chi connectivity index (χ1) is 16.0. The van der Waals surface area contributed by atoms with Gasteiger partial charge in [-0.2, -0.15) is 0 Å². The van der Waals surface area contributed by atoms with E-state index in [4.69, 9.17) is 11.6 Å². The molecule has 2 saturated heterocycles. The van der Waals surface area contributed by atoms with Gasteiger partial charge in [-0.3, -0.25) is 9.59 Å². The summed E-state index contributed by atoms with van der Waals surface area (Å²) in [7, 11) is 0. The van der Waals surface area contributed by atoms with Crippen LogP contribution >= 0.6 is 11.6 Å². The van der Waals surface area contributed by atoms with Gasteiger partial charge in [-0.15, -0.1) is 0 Å². The van der Waals surface area contributed by atoms with Crippen molar-refractivity contribution in [2.75, 3.05) is 54.4 Å². The minimum absolute atomic E-state index is 0.0171. The third kappa shape index (κ3) is 5.70. The summed E-state index contributed by atoms with van der Waals surface area (Å²) in [4.78, 5) is 50.8. The average Bonchev–Trinajstić information content (AvgIpc) is 3.27. The Balaban J connectivity index is 1.21. The number of benzene rings is 1. The van der Waals surface area contributed by atoms with Gasteiger partial charge in [0.1, 0.15) is 0 Å². The van der Waals surface area contributed by atoms with Gasteiger partial charge in [-0.05, 0) is 30.7 Å². The monoisotopic (exact) mass is 471 g/mol. The zero-order valence-electron chi connectivity index (χ0n) is 18.2. The lowest BCUT2D eigenvalue weighted by Crippen LogP contribution is -2.49. The van der Waals surface area contributed by atoms with E-state index in [1.807, 2.05) is 4.90 Å². The van der Waals surface area contributed by atoms with Crippen molar-refractivity contribution < 1.29 is 14.4 Å². The van der Waals surface area contributed by atoms with Gasteiger partial charge in [-0.1, -0.05) is 11.6 Å². The van der Waals surface area contributed by atoms with Crippen molar-refractivity contribution in [3.63, 3.8) is 0 Å². The standard InChI is InChI=1S/C22H26ClN7O3/c23-17-5-4-16(30-10-1-3-20(30)32)15-18(17)27-22(33)26-9-6-19(31)28-11-13-29(14-12-28)21-24-7-2-8-25-21/h2,4-5,7-8,15H,1,3,6,9-14H2,(H2,26,27,33). The van der Waals surface area contributed by atoms with Gasteiger partial charge < -0.3 is 25.3 Å². The molecule has 0 saturated carbocycles. The molecule has 2 aromatic rings. The molecule has 2 aliphatic rings. The number of anilines is 3. The Labute approximate surface area is 196 Å². The zero-order chi connectivity index (χ0) is 23.2. The maximum absolute atomic E-state index is 12.5. The van der Waals surface area contributed by atoms with Gasteiger partial charge in [-0.25, -0.2) is 14.8 Å². The summed E-state index contributed by atoms with van der Waals surface area (Å²) in [6, 6.07) is 6.41. The number of urea groups is 1. The normalized spacial score (nSPS) is 16.2. The third-order valence-electron chi connectivity index (χ3n) is 5.68. The van der Waals surface area contributed by atoms with Gasteiger partial charge in [0.15, 0.2) is 0 Å². The highest BCUT2D eigenvalue weighted by atomic mass is 35.5. The first kappa shape index (κ1) is 22.8. The number of nitrogens with zero attached hydrogens (tertiary/aromatic N) is 5. The number of amides is 4. The van der Waals surface area contributed by atoms with Gasteiger partial charge in [0, 0.05) is 70.2 Å². The molecule has 1 aromatic heterocycles. The fourth-order valence-corrected chi connectivity index (χ4v) is 4.08. The van der Waals surface area contributed by atoms with Crippen molar-refractivity contribution in [1.29, 1.82) is 0 Å². The van der Waals surface area contributed by atoms with Crippen LogP contribution in [0.25, 0.3) is 0 Å². The van der Waals surface area contributed by atoms with Crippen molar-refractivity contribution in [3.05, 3.63) is 41.7 Å². The Bertz CT molecular complexity index is 1010. The summed E-state index contributed by atoms with van der Waals surface area (Å²) >= 11 is 6.21. The Morgan fingerprint density at radius 1 is 1.06 bits per heavy atom. The van der Waals surface area contributed by atoms with Crippen LogP contribution in [0.3, 0.4) is 0 Å². The van der Waals surface area contributed by atoms with Crippen LogP contribution in [0.4, 0.5) is 22.1 Å². The SMILES string of the molecule is O=C(NCCC(=O)N1CCN(c2ncccn2)CC1)Nc1cc(N2CCCC2=O)ccc1Cl. The molecule has 11 heteroatoms. The fraction of sp³-hybridized carbons (Fsp3) is 0.409. The first-order valence-electron chi connectivity index (χ1n) is 11.0. The lowest BCUT2D eigenvalue weighted by molar-refractivity contribution is -0.131. The fourth-order valence-electron chi connectivity index (χ4n) is 3.92. The van der Waals surface area contributed by atoms with Gasteiger partial charge in [0.05, 0.1) is 10.7 Å². The Kier molecular flexibility index (Phi) is 7.23. The summed E-state index contributed by atoms with van der Waals surface area (Å²) in [6.45, 7) is 3.35. The number of carbonyl (C=O) groups is 3. The predicted molar refractivity (Wildman–Crippen MR) is 126 cm³/mol. The van der Waals surface area contributed by atoms with Crippen LogP contribution in [0.2, 0.25) is 5.02 Å². The molecule has 0 radical (unpaired) electrons. The number of halogens is 1. The highest BCUT2D eigenvalue weighted by Crippen LogP contribution is 2.29. The molecule has 1 aromatic carbocycles. The molecular formula is C22H26ClN7O3. The summed E-state index contributed by atoms with van der Waals surface area (Å²) in [5.41, 5.74) is 1.12. The van der Waals surface area contributed by atoms with Crippen molar-refractivity contribution in [2.24, 2.45) is 0 Å². The quantitative estimate of drug-likeness (QED) is 0.667.